The summed E-state index contributed by atoms with van der Waals surface area (Å²) in [4.78, 5) is 0. The minimum atomic E-state index is 0.778. The summed E-state index contributed by atoms with van der Waals surface area (Å²) in [5, 5.41) is 7.81. The Labute approximate surface area is 91.9 Å². The van der Waals surface area contributed by atoms with Crippen LogP contribution in [0.5, 0.6) is 0 Å². The Morgan fingerprint density at radius 3 is 3.20 bits per heavy atom. The predicted molar refractivity (Wildman–Crippen MR) is 61.7 cm³/mol. The van der Waals surface area contributed by atoms with Gasteiger partial charge in [-0.05, 0) is 50.8 Å². The highest BCUT2D eigenvalue weighted by atomic mass is 15.3. The molecular formula is C12H21N3. The molecule has 1 N–H and O–H groups in total. The second-order valence-electron chi connectivity index (χ2n) is 4.57. The second-order valence-corrected chi connectivity index (χ2v) is 4.57. The zero-order chi connectivity index (χ0) is 10.7. The van der Waals surface area contributed by atoms with E-state index >= 15 is 0 Å². The second kappa shape index (κ2) is 4.79. The molecule has 0 aromatic carbocycles. The third-order valence-electron chi connectivity index (χ3n) is 3.56. The minimum absolute atomic E-state index is 0.778. The van der Waals surface area contributed by atoms with Crippen LogP contribution < -0.4 is 5.32 Å². The van der Waals surface area contributed by atoms with Gasteiger partial charge in [-0.3, -0.25) is 4.68 Å². The number of hydrogen-bond donors (Lipinski definition) is 1. The summed E-state index contributed by atoms with van der Waals surface area (Å²) < 4.78 is 2.11. The Morgan fingerprint density at radius 1 is 1.60 bits per heavy atom. The van der Waals surface area contributed by atoms with Crippen LogP contribution in [0, 0.1) is 11.8 Å². The summed E-state index contributed by atoms with van der Waals surface area (Å²) in [6.45, 7) is 7.86. The van der Waals surface area contributed by atoms with Crippen molar-refractivity contribution in [3.63, 3.8) is 0 Å². The quantitative estimate of drug-likeness (QED) is 0.817. The highest BCUT2D eigenvalue weighted by Crippen LogP contribution is 2.22. The van der Waals surface area contributed by atoms with Gasteiger partial charge in [-0.15, -0.1) is 0 Å². The molecule has 0 spiro atoms. The first-order chi connectivity index (χ1) is 7.31. The number of aromatic nitrogens is 2. The summed E-state index contributed by atoms with van der Waals surface area (Å²) >= 11 is 0. The molecule has 0 aliphatic carbocycles. The fourth-order valence-electron chi connectivity index (χ4n) is 2.41. The van der Waals surface area contributed by atoms with Crippen LogP contribution in [0.4, 0.5) is 0 Å². The van der Waals surface area contributed by atoms with E-state index in [9.17, 15) is 0 Å². The summed E-state index contributed by atoms with van der Waals surface area (Å²) in [6.07, 6.45) is 4.40. The van der Waals surface area contributed by atoms with Gasteiger partial charge in [0, 0.05) is 18.4 Å². The van der Waals surface area contributed by atoms with E-state index in [1.54, 1.807) is 0 Å². The van der Waals surface area contributed by atoms with Gasteiger partial charge >= 0.3 is 0 Å². The molecule has 0 bridgehead atoms. The van der Waals surface area contributed by atoms with E-state index in [0.717, 1.165) is 24.9 Å². The number of aryl methyl sites for hydroxylation is 1. The van der Waals surface area contributed by atoms with Crippen molar-refractivity contribution in [2.45, 2.75) is 33.2 Å². The van der Waals surface area contributed by atoms with Gasteiger partial charge in [0.25, 0.3) is 0 Å². The molecule has 1 aliphatic heterocycles. The maximum atomic E-state index is 4.32. The van der Waals surface area contributed by atoms with Gasteiger partial charge in [0.15, 0.2) is 0 Å². The Bertz CT molecular complexity index is 306. The molecule has 1 aromatic rings. The van der Waals surface area contributed by atoms with Crippen LogP contribution in [0.3, 0.4) is 0 Å². The van der Waals surface area contributed by atoms with E-state index in [0.29, 0.717) is 0 Å². The maximum absolute atomic E-state index is 4.32. The van der Waals surface area contributed by atoms with Crippen molar-refractivity contribution in [3.05, 3.63) is 18.0 Å². The molecule has 1 fully saturated rings. The molecule has 2 unspecified atom stereocenters. The zero-order valence-corrected chi connectivity index (χ0v) is 9.74. The van der Waals surface area contributed by atoms with E-state index in [2.05, 4.69) is 35.0 Å². The average molecular weight is 207 g/mol. The lowest BCUT2D eigenvalue weighted by atomic mass is 9.85. The number of hydrogen-bond acceptors (Lipinski definition) is 2. The molecule has 3 heteroatoms. The highest BCUT2D eigenvalue weighted by molar-refractivity contribution is 5.02. The van der Waals surface area contributed by atoms with Gasteiger partial charge < -0.3 is 5.32 Å². The predicted octanol–water partition coefficient (Wildman–Crippen LogP) is 1.69. The average Bonchev–Trinajstić information content (AvgIpc) is 2.69. The van der Waals surface area contributed by atoms with Crippen LogP contribution >= 0.6 is 0 Å². The van der Waals surface area contributed by atoms with Crippen LogP contribution in [0.2, 0.25) is 0 Å². The highest BCUT2D eigenvalue weighted by Gasteiger charge is 2.22. The molecule has 15 heavy (non-hydrogen) atoms. The first-order valence-electron chi connectivity index (χ1n) is 6.02. The maximum Gasteiger partial charge on any atom is 0.0492 e. The van der Waals surface area contributed by atoms with E-state index in [1.807, 2.05) is 6.20 Å². The summed E-state index contributed by atoms with van der Waals surface area (Å²) in [5.41, 5.74) is 1.39. The lowest BCUT2D eigenvalue weighted by Crippen LogP contribution is -2.36. The normalized spacial score (nSPS) is 26.8. The molecule has 0 saturated carbocycles. The molecule has 1 aromatic heterocycles. The van der Waals surface area contributed by atoms with Gasteiger partial charge in [0.05, 0.1) is 0 Å². The first kappa shape index (κ1) is 10.7. The Morgan fingerprint density at radius 2 is 2.47 bits per heavy atom. The standard InChI is InChI=1S/C12H21N3/c1-3-15-12(5-7-14-15)8-11-9-13-6-4-10(11)2/h5,7,10-11,13H,3-4,6,8-9H2,1-2H3. The van der Waals surface area contributed by atoms with Crippen molar-refractivity contribution in [1.82, 2.24) is 15.1 Å². The van der Waals surface area contributed by atoms with E-state index in [-0.39, 0.29) is 0 Å². The smallest absolute Gasteiger partial charge is 0.0492 e. The third kappa shape index (κ3) is 2.40. The van der Waals surface area contributed by atoms with E-state index < -0.39 is 0 Å². The van der Waals surface area contributed by atoms with Crippen molar-refractivity contribution in [3.8, 4) is 0 Å². The summed E-state index contributed by atoms with van der Waals surface area (Å²) in [7, 11) is 0. The van der Waals surface area contributed by atoms with Crippen molar-refractivity contribution in [2.24, 2.45) is 11.8 Å². The van der Waals surface area contributed by atoms with Gasteiger partial charge in [0.1, 0.15) is 0 Å². The van der Waals surface area contributed by atoms with Crippen LogP contribution in [-0.2, 0) is 13.0 Å². The van der Waals surface area contributed by atoms with Crippen molar-refractivity contribution >= 4 is 0 Å². The van der Waals surface area contributed by atoms with Gasteiger partial charge in [0.2, 0.25) is 0 Å². The number of nitrogens with zero attached hydrogens (tertiary/aromatic N) is 2. The van der Waals surface area contributed by atoms with Gasteiger partial charge in [-0.25, -0.2) is 0 Å². The van der Waals surface area contributed by atoms with Crippen LogP contribution in [0.25, 0.3) is 0 Å². The molecule has 0 radical (unpaired) electrons. The van der Waals surface area contributed by atoms with E-state index in [1.165, 1.54) is 25.1 Å². The molecule has 0 amide bonds. The minimum Gasteiger partial charge on any atom is -0.316 e. The SMILES string of the molecule is CCn1nccc1CC1CNCCC1C. The number of piperidine rings is 1. The van der Waals surface area contributed by atoms with Crippen LogP contribution in [-0.4, -0.2) is 22.9 Å². The summed E-state index contributed by atoms with van der Waals surface area (Å²) in [6, 6.07) is 2.16. The van der Waals surface area contributed by atoms with Crippen molar-refractivity contribution in [1.29, 1.82) is 0 Å². The molecular weight excluding hydrogens is 186 g/mol. The summed E-state index contributed by atoms with van der Waals surface area (Å²) in [5.74, 6) is 1.62. The Balaban J connectivity index is 2.01. The van der Waals surface area contributed by atoms with Crippen LogP contribution in [0.1, 0.15) is 26.0 Å². The zero-order valence-electron chi connectivity index (χ0n) is 9.74. The van der Waals surface area contributed by atoms with Gasteiger partial charge in [-0.2, -0.15) is 5.10 Å². The topological polar surface area (TPSA) is 29.9 Å². The molecule has 84 valence electrons. The monoisotopic (exact) mass is 207 g/mol. The lowest BCUT2D eigenvalue weighted by molar-refractivity contribution is 0.268. The largest absolute Gasteiger partial charge is 0.316 e. The van der Waals surface area contributed by atoms with Crippen molar-refractivity contribution in [2.75, 3.05) is 13.1 Å². The number of nitrogens with one attached hydrogen (secondary N) is 1. The number of rotatable bonds is 3. The molecule has 3 nitrogen and oxygen atoms in total. The van der Waals surface area contributed by atoms with Crippen LogP contribution in [0.15, 0.2) is 12.3 Å². The fraction of sp³-hybridized carbons (Fsp3) is 0.750. The molecule has 2 atom stereocenters. The molecule has 1 saturated heterocycles. The first-order valence-corrected chi connectivity index (χ1v) is 6.02. The van der Waals surface area contributed by atoms with Gasteiger partial charge in [-0.1, -0.05) is 6.92 Å². The Hall–Kier alpha value is -0.830. The third-order valence-corrected chi connectivity index (χ3v) is 3.56. The molecule has 1 aliphatic rings. The lowest BCUT2D eigenvalue weighted by Gasteiger charge is -2.29. The fourth-order valence-corrected chi connectivity index (χ4v) is 2.41. The van der Waals surface area contributed by atoms with E-state index in [4.69, 9.17) is 0 Å². The molecule has 2 heterocycles. The molecule has 2 rings (SSSR count). The Kier molecular flexibility index (Phi) is 3.41. The van der Waals surface area contributed by atoms with Crippen molar-refractivity contribution < 1.29 is 0 Å².